The van der Waals surface area contributed by atoms with Crippen LogP contribution in [0.15, 0.2) is 58.7 Å². The maximum absolute atomic E-state index is 13.0. The number of nitrogens with zero attached hydrogens (tertiary/aromatic N) is 3. The number of aromatic nitrogens is 1. The third-order valence-corrected chi connectivity index (χ3v) is 5.09. The first-order valence-electron chi connectivity index (χ1n) is 8.56. The summed E-state index contributed by atoms with van der Waals surface area (Å²) in [7, 11) is -1.73. The van der Waals surface area contributed by atoms with Crippen LogP contribution in [0.3, 0.4) is 0 Å². The molecule has 0 atom stereocenters. The lowest BCUT2D eigenvalue weighted by Crippen LogP contribution is -2.39. The highest BCUT2D eigenvalue weighted by atomic mass is 32.2. The van der Waals surface area contributed by atoms with E-state index in [1.54, 1.807) is 18.2 Å². The molecule has 0 saturated carbocycles. The van der Waals surface area contributed by atoms with Gasteiger partial charge in [0.2, 0.25) is 10.0 Å². The smallest absolute Gasteiger partial charge is 0.242 e. The lowest BCUT2D eigenvalue weighted by atomic mass is 10.2. The van der Waals surface area contributed by atoms with E-state index in [2.05, 4.69) is 20.0 Å². The standard InChI is InChI=1S/C18H24FN5O2S/c1-3-21-18(24(2)14-15-6-8-16(19)9-7-15)22-11-12-23-27(25,26)17-5-4-10-20-13-17/h4-10,13,23H,3,11-12,14H2,1-2H3,(H,21,22). The summed E-state index contributed by atoms with van der Waals surface area (Å²) in [5, 5.41) is 3.16. The molecule has 1 aromatic heterocycles. The molecule has 0 bridgehead atoms. The van der Waals surface area contributed by atoms with Crippen molar-refractivity contribution in [1.82, 2.24) is 19.9 Å². The van der Waals surface area contributed by atoms with Gasteiger partial charge >= 0.3 is 0 Å². The summed E-state index contributed by atoms with van der Waals surface area (Å²) in [4.78, 5) is 10.3. The molecule has 1 heterocycles. The first-order chi connectivity index (χ1) is 12.9. The fraction of sp³-hybridized carbons (Fsp3) is 0.333. The number of hydrogen-bond acceptors (Lipinski definition) is 4. The van der Waals surface area contributed by atoms with Crippen LogP contribution in [0.5, 0.6) is 0 Å². The van der Waals surface area contributed by atoms with Crippen molar-refractivity contribution in [1.29, 1.82) is 0 Å². The van der Waals surface area contributed by atoms with Crippen molar-refractivity contribution in [2.24, 2.45) is 4.99 Å². The molecule has 0 aliphatic carbocycles. The molecule has 2 rings (SSSR count). The molecule has 9 heteroatoms. The normalized spacial score (nSPS) is 12.0. The number of halogens is 1. The number of rotatable bonds is 8. The number of nitrogens with one attached hydrogen (secondary N) is 2. The van der Waals surface area contributed by atoms with Gasteiger partial charge in [-0.3, -0.25) is 9.98 Å². The van der Waals surface area contributed by atoms with E-state index in [0.717, 1.165) is 5.56 Å². The van der Waals surface area contributed by atoms with Crippen LogP contribution in [0.2, 0.25) is 0 Å². The van der Waals surface area contributed by atoms with Crippen LogP contribution in [-0.2, 0) is 16.6 Å². The van der Waals surface area contributed by atoms with Gasteiger partial charge in [0.15, 0.2) is 5.96 Å². The fourth-order valence-electron chi connectivity index (χ4n) is 2.34. The van der Waals surface area contributed by atoms with E-state index >= 15 is 0 Å². The van der Waals surface area contributed by atoms with Gasteiger partial charge in [-0.2, -0.15) is 0 Å². The van der Waals surface area contributed by atoms with Gasteiger partial charge in [-0.25, -0.2) is 17.5 Å². The van der Waals surface area contributed by atoms with E-state index in [9.17, 15) is 12.8 Å². The number of sulfonamides is 1. The number of benzene rings is 1. The van der Waals surface area contributed by atoms with Crippen molar-refractivity contribution in [3.63, 3.8) is 0 Å². The van der Waals surface area contributed by atoms with Crippen LogP contribution in [0.4, 0.5) is 4.39 Å². The molecule has 146 valence electrons. The number of guanidine groups is 1. The Morgan fingerprint density at radius 1 is 1.26 bits per heavy atom. The van der Waals surface area contributed by atoms with Crippen LogP contribution in [-0.4, -0.2) is 50.9 Å². The lowest BCUT2D eigenvalue weighted by Gasteiger charge is -2.22. The first-order valence-corrected chi connectivity index (χ1v) is 10.0. The van der Waals surface area contributed by atoms with Gasteiger partial charge < -0.3 is 10.2 Å². The Labute approximate surface area is 159 Å². The number of pyridine rings is 1. The minimum atomic E-state index is -3.59. The van der Waals surface area contributed by atoms with Gasteiger partial charge in [-0.05, 0) is 36.8 Å². The lowest BCUT2D eigenvalue weighted by molar-refractivity contribution is 0.476. The Balaban J connectivity index is 1.93. The van der Waals surface area contributed by atoms with E-state index in [0.29, 0.717) is 19.0 Å². The molecule has 0 fully saturated rings. The van der Waals surface area contributed by atoms with Crippen LogP contribution < -0.4 is 10.0 Å². The summed E-state index contributed by atoms with van der Waals surface area (Å²) in [5.41, 5.74) is 0.946. The highest BCUT2D eigenvalue weighted by molar-refractivity contribution is 7.89. The minimum Gasteiger partial charge on any atom is -0.357 e. The van der Waals surface area contributed by atoms with Crippen LogP contribution in [0.1, 0.15) is 12.5 Å². The van der Waals surface area contributed by atoms with E-state index in [1.807, 2.05) is 18.9 Å². The Kier molecular flexibility index (Phi) is 7.68. The van der Waals surface area contributed by atoms with Gasteiger partial charge in [0.05, 0.1) is 6.54 Å². The summed E-state index contributed by atoms with van der Waals surface area (Å²) in [5.74, 6) is 0.366. The maximum atomic E-state index is 13.0. The molecule has 0 spiro atoms. The molecule has 0 radical (unpaired) electrons. The number of hydrogen-bond donors (Lipinski definition) is 2. The first kappa shape index (κ1) is 20.8. The predicted molar refractivity (Wildman–Crippen MR) is 103 cm³/mol. The summed E-state index contributed by atoms with van der Waals surface area (Å²) < 4.78 is 39.8. The van der Waals surface area contributed by atoms with Crippen molar-refractivity contribution in [2.45, 2.75) is 18.4 Å². The zero-order valence-corrected chi connectivity index (χ0v) is 16.2. The average molecular weight is 393 g/mol. The van der Waals surface area contributed by atoms with E-state index in [1.165, 1.54) is 30.6 Å². The van der Waals surface area contributed by atoms with Crippen molar-refractivity contribution >= 4 is 16.0 Å². The second-order valence-electron chi connectivity index (χ2n) is 5.80. The minimum absolute atomic E-state index is 0.120. The molecule has 7 nitrogen and oxygen atoms in total. The molecule has 2 aromatic rings. The molecular formula is C18H24FN5O2S. The Morgan fingerprint density at radius 3 is 2.63 bits per heavy atom. The Bertz CT molecular complexity index is 842. The SMILES string of the molecule is CCNC(=NCCNS(=O)(=O)c1cccnc1)N(C)Cc1ccc(F)cc1. The topological polar surface area (TPSA) is 86.7 Å². The molecule has 0 aliphatic rings. The molecular weight excluding hydrogens is 369 g/mol. The second kappa shape index (κ2) is 9.98. The number of aliphatic imine (C=N–C) groups is 1. The maximum Gasteiger partial charge on any atom is 0.242 e. The van der Waals surface area contributed by atoms with E-state index < -0.39 is 10.0 Å². The molecule has 0 saturated heterocycles. The average Bonchev–Trinajstić information content (AvgIpc) is 2.66. The molecule has 2 N–H and O–H groups in total. The highest BCUT2D eigenvalue weighted by Crippen LogP contribution is 2.06. The highest BCUT2D eigenvalue weighted by Gasteiger charge is 2.13. The van der Waals surface area contributed by atoms with Crippen LogP contribution >= 0.6 is 0 Å². The third kappa shape index (κ3) is 6.61. The fourth-order valence-corrected chi connectivity index (χ4v) is 3.32. The molecule has 0 unspecified atom stereocenters. The quantitative estimate of drug-likeness (QED) is 0.404. The van der Waals surface area contributed by atoms with Crippen molar-refractivity contribution in [2.75, 3.05) is 26.7 Å². The van der Waals surface area contributed by atoms with Crippen LogP contribution in [0, 0.1) is 5.82 Å². The van der Waals surface area contributed by atoms with E-state index in [-0.39, 0.29) is 23.8 Å². The molecule has 0 aliphatic heterocycles. The van der Waals surface area contributed by atoms with Gasteiger partial charge in [0.1, 0.15) is 10.7 Å². The summed E-state index contributed by atoms with van der Waals surface area (Å²) in [6.45, 7) is 3.61. The van der Waals surface area contributed by atoms with Crippen LogP contribution in [0.25, 0.3) is 0 Å². The monoisotopic (exact) mass is 393 g/mol. The van der Waals surface area contributed by atoms with Gasteiger partial charge in [0, 0.05) is 39.1 Å². The third-order valence-electron chi connectivity index (χ3n) is 3.64. The zero-order valence-electron chi connectivity index (χ0n) is 15.4. The summed E-state index contributed by atoms with van der Waals surface area (Å²) in [6.07, 6.45) is 2.81. The second-order valence-corrected chi connectivity index (χ2v) is 7.57. The molecule has 0 amide bonds. The zero-order chi connectivity index (χ0) is 19.7. The van der Waals surface area contributed by atoms with Gasteiger partial charge in [-0.1, -0.05) is 12.1 Å². The van der Waals surface area contributed by atoms with Crippen molar-refractivity contribution in [3.05, 3.63) is 60.2 Å². The largest absolute Gasteiger partial charge is 0.357 e. The Hall–Kier alpha value is -2.52. The molecule has 1 aromatic carbocycles. The molecule has 27 heavy (non-hydrogen) atoms. The van der Waals surface area contributed by atoms with Crippen molar-refractivity contribution in [3.8, 4) is 0 Å². The van der Waals surface area contributed by atoms with Crippen molar-refractivity contribution < 1.29 is 12.8 Å². The summed E-state index contributed by atoms with van der Waals surface area (Å²) in [6, 6.07) is 9.33. The van der Waals surface area contributed by atoms with Gasteiger partial charge in [-0.15, -0.1) is 0 Å². The predicted octanol–water partition coefficient (Wildman–Crippen LogP) is 1.60. The Morgan fingerprint density at radius 2 is 2.00 bits per heavy atom. The van der Waals surface area contributed by atoms with Gasteiger partial charge in [0.25, 0.3) is 0 Å². The summed E-state index contributed by atoms with van der Waals surface area (Å²) >= 11 is 0. The van der Waals surface area contributed by atoms with E-state index in [4.69, 9.17) is 0 Å².